The molecular weight excluding hydrogens is 252 g/mol. The van der Waals surface area contributed by atoms with Gasteiger partial charge in [0, 0.05) is 17.5 Å². The highest BCUT2D eigenvalue weighted by Crippen LogP contribution is 2.25. The lowest BCUT2D eigenvalue weighted by molar-refractivity contribution is 0.582. The van der Waals surface area contributed by atoms with Gasteiger partial charge in [0.2, 0.25) is 0 Å². The molecule has 0 amide bonds. The van der Waals surface area contributed by atoms with Gasteiger partial charge in [0.25, 0.3) is 0 Å². The minimum absolute atomic E-state index is 0.694. The molecule has 1 fully saturated rings. The molecule has 2 rings (SSSR count). The van der Waals surface area contributed by atoms with Crippen molar-refractivity contribution in [2.45, 2.75) is 72.4 Å². The number of hydrogen-bond acceptors (Lipinski definition) is 3. The largest absolute Gasteiger partial charge is 0.309 e. The maximum absolute atomic E-state index is 4.90. The fraction of sp³-hybridized carbons (Fsp3) is 0.812. The van der Waals surface area contributed by atoms with Gasteiger partial charge in [0.1, 0.15) is 0 Å². The smallest absolute Gasteiger partial charge is 0.0931 e. The molecule has 0 unspecified atom stereocenters. The maximum Gasteiger partial charge on any atom is 0.0931 e. The highest BCUT2D eigenvalue weighted by Gasteiger charge is 2.21. The molecule has 0 radical (unpaired) electrons. The zero-order chi connectivity index (χ0) is 13.8. The molecular formula is C16H28N2S. The van der Waals surface area contributed by atoms with Crippen molar-refractivity contribution >= 4 is 11.3 Å². The van der Waals surface area contributed by atoms with Gasteiger partial charge in [-0.15, -0.1) is 11.3 Å². The summed E-state index contributed by atoms with van der Waals surface area (Å²) in [5.41, 5.74) is 1.35. The first kappa shape index (κ1) is 15.0. The number of hydrogen-bond donors (Lipinski definition) is 1. The Labute approximate surface area is 122 Å². The van der Waals surface area contributed by atoms with Gasteiger partial charge in [-0.2, -0.15) is 0 Å². The topological polar surface area (TPSA) is 24.9 Å². The Hall–Kier alpha value is -0.410. The molecule has 1 saturated carbocycles. The van der Waals surface area contributed by atoms with Crippen LogP contribution in [0.2, 0.25) is 0 Å². The van der Waals surface area contributed by atoms with E-state index in [-0.39, 0.29) is 0 Å². The Morgan fingerprint density at radius 1 is 1.21 bits per heavy atom. The highest BCUT2D eigenvalue weighted by molar-refractivity contribution is 7.11. The lowest BCUT2D eigenvalue weighted by Gasteiger charge is -2.05. The van der Waals surface area contributed by atoms with Crippen LogP contribution >= 0.6 is 11.3 Å². The van der Waals surface area contributed by atoms with E-state index in [1.165, 1.54) is 34.8 Å². The molecule has 0 saturated heterocycles. The van der Waals surface area contributed by atoms with Crippen LogP contribution in [0.5, 0.6) is 0 Å². The van der Waals surface area contributed by atoms with Gasteiger partial charge in [-0.05, 0) is 43.9 Å². The van der Waals surface area contributed by atoms with Crippen LogP contribution in [0.4, 0.5) is 0 Å². The van der Waals surface area contributed by atoms with Crippen molar-refractivity contribution in [2.75, 3.05) is 0 Å². The van der Waals surface area contributed by atoms with Crippen LogP contribution in [0.25, 0.3) is 0 Å². The summed E-state index contributed by atoms with van der Waals surface area (Å²) in [7, 11) is 0. The van der Waals surface area contributed by atoms with E-state index in [0.717, 1.165) is 31.3 Å². The van der Waals surface area contributed by atoms with Gasteiger partial charge < -0.3 is 5.32 Å². The third-order valence-electron chi connectivity index (χ3n) is 3.49. The molecule has 1 aliphatic rings. The Balaban J connectivity index is 1.98. The average Bonchev–Trinajstić information content (AvgIpc) is 3.07. The van der Waals surface area contributed by atoms with Crippen LogP contribution in [-0.2, 0) is 19.4 Å². The fourth-order valence-electron chi connectivity index (χ4n) is 2.16. The molecule has 0 spiro atoms. The summed E-state index contributed by atoms with van der Waals surface area (Å²) in [5.74, 6) is 1.46. The van der Waals surface area contributed by atoms with Crippen LogP contribution in [-0.4, -0.2) is 11.0 Å². The predicted molar refractivity (Wildman–Crippen MR) is 83.7 cm³/mol. The van der Waals surface area contributed by atoms with E-state index in [0.29, 0.717) is 5.92 Å². The summed E-state index contributed by atoms with van der Waals surface area (Å²) in [5, 5.41) is 4.98. The van der Waals surface area contributed by atoms with Crippen LogP contribution < -0.4 is 5.32 Å². The van der Waals surface area contributed by atoms with E-state index in [4.69, 9.17) is 4.98 Å². The number of rotatable bonds is 8. The van der Waals surface area contributed by atoms with E-state index >= 15 is 0 Å². The monoisotopic (exact) mass is 280 g/mol. The summed E-state index contributed by atoms with van der Waals surface area (Å²) in [6, 6.07) is 0.785. The molecule has 0 aliphatic heterocycles. The summed E-state index contributed by atoms with van der Waals surface area (Å²) < 4.78 is 0. The molecule has 2 nitrogen and oxygen atoms in total. The SMILES string of the molecule is CC(C)CCc1nc(CC(C)C)c(CNC2CC2)s1. The van der Waals surface area contributed by atoms with Gasteiger partial charge in [-0.25, -0.2) is 4.98 Å². The Morgan fingerprint density at radius 2 is 1.95 bits per heavy atom. The fourth-order valence-corrected chi connectivity index (χ4v) is 3.23. The Bertz CT molecular complexity index is 391. The summed E-state index contributed by atoms with van der Waals surface area (Å²) in [6.07, 6.45) is 6.25. The molecule has 108 valence electrons. The van der Waals surface area contributed by atoms with Crippen LogP contribution in [0.15, 0.2) is 0 Å². The van der Waals surface area contributed by atoms with Crippen molar-refractivity contribution in [2.24, 2.45) is 11.8 Å². The maximum atomic E-state index is 4.90. The minimum Gasteiger partial charge on any atom is -0.309 e. The number of nitrogens with one attached hydrogen (secondary N) is 1. The number of thiazole rings is 1. The van der Waals surface area contributed by atoms with Crippen molar-refractivity contribution in [3.8, 4) is 0 Å². The van der Waals surface area contributed by atoms with E-state index in [1.54, 1.807) is 0 Å². The first-order chi connectivity index (χ1) is 9.04. The Kier molecular flexibility index (Phi) is 5.40. The zero-order valence-electron chi connectivity index (χ0n) is 12.8. The molecule has 1 aromatic rings. The zero-order valence-corrected chi connectivity index (χ0v) is 13.6. The number of aromatic nitrogens is 1. The van der Waals surface area contributed by atoms with E-state index < -0.39 is 0 Å². The third-order valence-corrected chi connectivity index (χ3v) is 4.65. The molecule has 1 heterocycles. The molecule has 1 aromatic heterocycles. The molecule has 1 aliphatic carbocycles. The van der Waals surface area contributed by atoms with Crippen molar-refractivity contribution in [3.63, 3.8) is 0 Å². The highest BCUT2D eigenvalue weighted by atomic mass is 32.1. The third kappa shape index (κ3) is 5.23. The van der Waals surface area contributed by atoms with Gasteiger partial charge in [-0.1, -0.05) is 27.7 Å². The van der Waals surface area contributed by atoms with Gasteiger partial charge in [-0.3, -0.25) is 0 Å². The van der Waals surface area contributed by atoms with Crippen molar-refractivity contribution < 1.29 is 0 Å². The summed E-state index contributed by atoms with van der Waals surface area (Å²) >= 11 is 1.94. The average molecular weight is 280 g/mol. The number of nitrogens with zero attached hydrogens (tertiary/aromatic N) is 1. The molecule has 19 heavy (non-hydrogen) atoms. The lowest BCUT2D eigenvalue weighted by Crippen LogP contribution is -2.15. The number of aryl methyl sites for hydroxylation is 1. The molecule has 3 heteroatoms. The second kappa shape index (κ2) is 6.85. The van der Waals surface area contributed by atoms with Crippen LogP contribution in [0.1, 0.15) is 62.5 Å². The quantitative estimate of drug-likeness (QED) is 0.772. The molecule has 1 N–H and O–H groups in total. The van der Waals surface area contributed by atoms with Crippen molar-refractivity contribution in [3.05, 3.63) is 15.6 Å². The van der Waals surface area contributed by atoms with Gasteiger partial charge >= 0.3 is 0 Å². The van der Waals surface area contributed by atoms with E-state index in [1.807, 2.05) is 11.3 Å². The second-order valence-electron chi connectivity index (χ2n) is 6.66. The van der Waals surface area contributed by atoms with Crippen LogP contribution in [0, 0.1) is 11.8 Å². The van der Waals surface area contributed by atoms with Crippen LogP contribution in [0.3, 0.4) is 0 Å². The second-order valence-corrected chi connectivity index (χ2v) is 7.83. The van der Waals surface area contributed by atoms with Crippen molar-refractivity contribution in [1.82, 2.24) is 10.3 Å². The van der Waals surface area contributed by atoms with Gasteiger partial charge in [0.15, 0.2) is 0 Å². The van der Waals surface area contributed by atoms with E-state index in [2.05, 4.69) is 33.0 Å². The van der Waals surface area contributed by atoms with Gasteiger partial charge in [0.05, 0.1) is 10.7 Å². The molecule has 0 aromatic carbocycles. The Morgan fingerprint density at radius 3 is 2.53 bits per heavy atom. The normalized spacial score (nSPS) is 15.7. The first-order valence-electron chi connectivity index (χ1n) is 7.75. The summed E-state index contributed by atoms with van der Waals surface area (Å²) in [4.78, 5) is 6.38. The first-order valence-corrected chi connectivity index (χ1v) is 8.57. The lowest BCUT2D eigenvalue weighted by atomic mass is 10.1. The predicted octanol–water partition coefficient (Wildman–Crippen LogP) is 4.18. The van der Waals surface area contributed by atoms with Crippen molar-refractivity contribution in [1.29, 1.82) is 0 Å². The standard InChI is InChI=1S/C16H28N2S/c1-11(2)5-8-16-18-14(9-12(3)4)15(19-16)10-17-13-6-7-13/h11-13,17H,5-10H2,1-4H3. The molecule has 0 bridgehead atoms. The molecule has 0 atom stereocenters. The van der Waals surface area contributed by atoms with E-state index in [9.17, 15) is 0 Å². The minimum atomic E-state index is 0.694. The summed E-state index contributed by atoms with van der Waals surface area (Å²) in [6.45, 7) is 10.2.